The topological polar surface area (TPSA) is 24.8 Å². The highest BCUT2D eigenvalue weighted by Crippen LogP contribution is 2.35. The summed E-state index contributed by atoms with van der Waals surface area (Å²) in [5, 5.41) is 1.76. The molecule has 1 saturated carbocycles. The van der Waals surface area contributed by atoms with E-state index in [1.54, 1.807) is 0 Å². The first-order chi connectivity index (χ1) is 9.36. The third kappa shape index (κ3) is 4.30. The van der Waals surface area contributed by atoms with Crippen LogP contribution in [-0.4, -0.2) is 53.9 Å². The van der Waals surface area contributed by atoms with Crippen LogP contribution in [0.2, 0.25) is 0 Å². The van der Waals surface area contributed by atoms with E-state index < -0.39 is 0 Å². The average molecular weight is 303 g/mol. The normalized spacial score (nSPS) is 32.1. The van der Waals surface area contributed by atoms with Crippen molar-refractivity contribution in [3.63, 3.8) is 0 Å². The Morgan fingerprint density at radius 1 is 1.21 bits per heavy atom. The highest BCUT2D eigenvalue weighted by atomic mass is 32.2. The molecular formula is C14H26N2OS2. The number of nitrogens with zero attached hydrogens (tertiary/aromatic N) is 2. The van der Waals surface area contributed by atoms with E-state index in [0.717, 1.165) is 30.7 Å². The molecule has 0 aromatic heterocycles. The molecule has 1 aliphatic carbocycles. The van der Waals surface area contributed by atoms with E-state index in [1.807, 2.05) is 18.8 Å². The summed E-state index contributed by atoms with van der Waals surface area (Å²) >= 11 is 6.10. The smallest absolute Gasteiger partial charge is 0.159 e. The van der Waals surface area contributed by atoms with Gasteiger partial charge in [0.25, 0.3) is 0 Å². The molecule has 2 heterocycles. The minimum Gasteiger partial charge on any atom is -0.378 e. The summed E-state index contributed by atoms with van der Waals surface area (Å²) in [5.41, 5.74) is 0. The number of amidine groups is 1. The molecule has 3 fully saturated rings. The number of hydrogen-bond donors (Lipinski definition) is 1. The number of rotatable bonds is 2. The van der Waals surface area contributed by atoms with Gasteiger partial charge in [0.05, 0.1) is 24.5 Å². The molecule has 0 amide bonds. The number of ether oxygens (including phenoxy) is 1. The lowest BCUT2D eigenvalue weighted by Crippen LogP contribution is -2.38. The lowest BCUT2D eigenvalue weighted by Gasteiger charge is -2.22. The summed E-state index contributed by atoms with van der Waals surface area (Å²) in [6.45, 7) is 2.70. The van der Waals surface area contributed by atoms with Crippen LogP contribution in [0.15, 0.2) is 4.99 Å². The van der Waals surface area contributed by atoms with E-state index in [9.17, 15) is 0 Å². The molecule has 19 heavy (non-hydrogen) atoms. The van der Waals surface area contributed by atoms with Crippen molar-refractivity contribution in [2.45, 2.75) is 49.8 Å². The Bertz CT molecular complexity index is 284. The molecule has 0 N–H and O–H groups in total. The van der Waals surface area contributed by atoms with Crippen LogP contribution in [0.3, 0.4) is 0 Å². The Labute approximate surface area is 127 Å². The van der Waals surface area contributed by atoms with Gasteiger partial charge in [-0.2, -0.15) is 12.6 Å². The molecule has 5 heteroatoms. The molecule has 0 bridgehead atoms. The van der Waals surface area contributed by atoms with Crippen LogP contribution >= 0.6 is 24.4 Å². The Balaban J connectivity index is 0.000000186. The van der Waals surface area contributed by atoms with E-state index in [4.69, 9.17) is 4.74 Å². The molecule has 110 valence electrons. The van der Waals surface area contributed by atoms with Crippen LogP contribution in [0, 0.1) is 0 Å². The number of fused-ring (bicyclic) bond motifs is 1. The maximum Gasteiger partial charge on any atom is 0.159 e. The second kappa shape index (κ2) is 8.42. The second-order valence-corrected chi connectivity index (χ2v) is 6.96. The van der Waals surface area contributed by atoms with Crippen LogP contribution in [0.4, 0.5) is 0 Å². The van der Waals surface area contributed by atoms with Gasteiger partial charge in [0.2, 0.25) is 0 Å². The molecule has 0 radical (unpaired) electrons. The molecule has 2 atom stereocenters. The van der Waals surface area contributed by atoms with Gasteiger partial charge < -0.3 is 9.64 Å². The van der Waals surface area contributed by atoms with Crippen molar-refractivity contribution in [2.24, 2.45) is 4.99 Å². The highest BCUT2D eigenvalue weighted by molar-refractivity contribution is 8.14. The third-order valence-electron chi connectivity index (χ3n) is 3.93. The summed E-state index contributed by atoms with van der Waals surface area (Å²) in [6.07, 6.45) is 9.00. The van der Waals surface area contributed by atoms with E-state index in [0.29, 0.717) is 11.3 Å². The molecule has 3 aliphatic rings. The zero-order chi connectivity index (χ0) is 13.5. The molecule has 3 rings (SSSR count). The lowest BCUT2D eigenvalue weighted by atomic mass is 10.0. The second-order valence-electron chi connectivity index (χ2n) is 5.31. The summed E-state index contributed by atoms with van der Waals surface area (Å²) in [5.74, 6) is 0.878. The zero-order valence-corrected chi connectivity index (χ0v) is 13.6. The minimum absolute atomic E-state index is 0.538. The van der Waals surface area contributed by atoms with Crippen molar-refractivity contribution >= 4 is 29.6 Å². The van der Waals surface area contributed by atoms with Crippen LogP contribution in [-0.2, 0) is 4.74 Å². The van der Waals surface area contributed by atoms with Crippen molar-refractivity contribution in [3.8, 4) is 0 Å². The lowest BCUT2D eigenvalue weighted by molar-refractivity contribution is 0.175. The van der Waals surface area contributed by atoms with Gasteiger partial charge >= 0.3 is 0 Å². The monoisotopic (exact) mass is 302 g/mol. The number of thioether (sulfide) groups is 1. The van der Waals surface area contributed by atoms with Gasteiger partial charge in [0.1, 0.15) is 0 Å². The Morgan fingerprint density at radius 2 is 1.84 bits per heavy atom. The van der Waals surface area contributed by atoms with Crippen LogP contribution in [0.25, 0.3) is 0 Å². The highest BCUT2D eigenvalue weighted by Gasteiger charge is 2.42. The van der Waals surface area contributed by atoms with Crippen molar-refractivity contribution in [2.75, 3.05) is 32.6 Å². The Hall–Kier alpha value is 0.130. The first-order valence-electron chi connectivity index (χ1n) is 7.45. The van der Waals surface area contributed by atoms with E-state index >= 15 is 0 Å². The first kappa shape index (κ1) is 15.5. The number of hydrogen-bond acceptors (Lipinski definition) is 4. The zero-order valence-electron chi connectivity index (χ0n) is 11.9. The van der Waals surface area contributed by atoms with Crippen LogP contribution in [0.5, 0.6) is 0 Å². The predicted octanol–water partition coefficient (Wildman–Crippen LogP) is 3.06. The third-order valence-corrected chi connectivity index (χ3v) is 5.52. The van der Waals surface area contributed by atoms with Gasteiger partial charge in [-0.3, -0.25) is 4.99 Å². The standard InChI is InChI=1S/C8H14N2OS2.C6H12/c1-9-8-10(2-3-12)6-4-11-5-7(6)13-8;1-2-4-6-5-3-1/h6-7,12H,2-5H2,1H3;1-6H2. The number of thiol groups is 1. The van der Waals surface area contributed by atoms with E-state index in [2.05, 4.69) is 22.5 Å². The minimum atomic E-state index is 0.538. The molecule has 3 nitrogen and oxygen atoms in total. The van der Waals surface area contributed by atoms with Crippen molar-refractivity contribution < 1.29 is 4.74 Å². The van der Waals surface area contributed by atoms with E-state index in [1.165, 1.54) is 38.5 Å². The molecule has 2 aliphatic heterocycles. The molecule has 2 unspecified atom stereocenters. The largest absolute Gasteiger partial charge is 0.378 e. The van der Waals surface area contributed by atoms with Crippen molar-refractivity contribution in [1.29, 1.82) is 0 Å². The van der Waals surface area contributed by atoms with Gasteiger partial charge in [-0.1, -0.05) is 50.3 Å². The SMILES string of the molecule is C1CCCCC1.CN=C1SC2COCC2N1CCS. The fourth-order valence-electron chi connectivity index (χ4n) is 2.88. The average Bonchev–Trinajstić information content (AvgIpc) is 3.04. The quantitative estimate of drug-likeness (QED) is 0.794. The summed E-state index contributed by atoms with van der Waals surface area (Å²) in [4.78, 5) is 6.61. The molecule has 2 saturated heterocycles. The van der Waals surface area contributed by atoms with Gasteiger partial charge in [-0.05, 0) is 0 Å². The predicted molar refractivity (Wildman–Crippen MR) is 87.6 cm³/mol. The van der Waals surface area contributed by atoms with Crippen LogP contribution in [0.1, 0.15) is 38.5 Å². The fourth-order valence-corrected chi connectivity index (χ4v) is 4.38. The Morgan fingerprint density at radius 3 is 2.37 bits per heavy atom. The maximum atomic E-state index is 5.44. The summed E-state index contributed by atoms with van der Waals surface area (Å²) in [7, 11) is 1.86. The summed E-state index contributed by atoms with van der Waals surface area (Å²) < 4.78 is 5.44. The molecule has 0 spiro atoms. The van der Waals surface area contributed by atoms with Gasteiger partial charge in [0, 0.05) is 19.3 Å². The van der Waals surface area contributed by atoms with Crippen molar-refractivity contribution in [3.05, 3.63) is 0 Å². The fraction of sp³-hybridized carbons (Fsp3) is 0.929. The maximum absolute atomic E-state index is 5.44. The van der Waals surface area contributed by atoms with Crippen LogP contribution < -0.4 is 0 Å². The van der Waals surface area contributed by atoms with Gasteiger partial charge in [-0.15, -0.1) is 0 Å². The molecule has 0 aromatic rings. The van der Waals surface area contributed by atoms with Gasteiger partial charge in [0.15, 0.2) is 5.17 Å². The van der Waals surface area contributed by atoms with Crippen molar-refractivity contribution in [1.82, 2.24) is 4.90 Å². The van der Waals surface area contributed by atoms with Gasteiger partial charge in [-0.25, -0.2) is 0 Å². The summed E-state index contributed by atoms with van der Waals surface area (Å²) in [6, 6.07) is 0.538. The molecule has 0 aromatic carbocycles. The first-order valence-corrected chi connectivity index (χ1v) is 8.96. The Kier molecular flexibility index (Phi) is 6.88. The van der Waals surface area contributed by atoms with E-state index in [-0.39, 0.29) is 0 Å². The molecular weight excluding hydrogens is 276 g/mol. The number of aliphatic imine (C=N–C) groups is 1.